The Morgan fingerprint density at radius 1 is 1.05 bits per heavy atom. The molecule has 116 valence electrons. The van der Waals surface area contributed by atoms with E-state index < -0.39 is 0 Å². The van der Waals surface area contributed by atoms with Crippen LogP contribution in [-0.4, -0.2) is 18.3 Å². The molecule has 0 heterocycles. The van der Waals surface area contributed by atoms with Gasteiger partial charge in [0, 0.05) is 18.8 Å². The third kappa shape index (κ3) is 5.84. The average molecular weight is 314 g/mol. The molecule has 0 saturated carbocycles. The molecular weight excluding hydrogens is 292 g/mol. The van der Waals surface area contributed by atoms with Crippen LogP contribution in [0.25, 0.3) is 0 Å². The molecule has 0 aliphatic heterocycles. The topological polar surface area (TPSA) is 33.3 Å². The Morgan fingerprint density at radius 3 is 2.55 bits per heavy atom. The Bertz CT molecular complexity index is 587. The lowest BCUT2D eigenvalue weighted by molar-refractivity contribution is 0.119. The molecule has 0 fully saturated rings. The van der Waals surface area contributed by atoms with Gasteiger partial charge in [-0.15, -0.1) is 0 Å². The molecule has 0 aliphatic carbocycles. The van der Waals surface area contributed by atoms with E-state index in [4.69, 9.17) is 17.0 Å². The normalized spacial score (nSPS) is 10.2. The zero-order valence-corrected chi connectivity index (χ0v) is 13.7. The van der Waals surface area contributed by atoms with E-state index in [9.17, 15) is 0 Å². The highest BCUT2D eigenvalue weighted by Gasteiger charge is 1.99. The number of hydrogen-bond donors (Lipinski definition) is 2. The maximum atomic E-state index is 5.64. The van der Waals surface area contributed by atoms with E-state index in [0.717, 1.165) is 25.3 Å². The summed E-state index contributed by atoms with van der Waals surface area (Å²) in [6, 6.07) is 18.3. The quantitative estimate of drug-likeness (QED) is 0.600. The highest BCUT2D eigenvalue weighted by atomic mass is 32.1. The Labute approximate surface area is 137 Å². The molecule has 0 bridgehead atoms. The first-order valence-corrected chi connectivity index (χ1v) is 7.88. The van der Waals surface area contributed by atoms with Crippen molar-refractivity contribution >= 4 is 23.0 Å². The molecule has 2 aromatic carbocycles. The van der Waals surface area contributed by atoms with E-state index in [1.807, 2.05) is 36.4 Å². The van der Waals surface area contributed by atoms with Crippen LogP contribution in [-0.2, 0) is 11.3 Å². The van der Waals surface area contributed by atoms with Crippen LogP contribution in [0.2, 0.25) is 0 Å². The van der Waals surface area contributed by atoms with Crippen LogP contribution in [0, 0.1) is 6.92 Å². The summed E-state index contributed by atoms with van der Waals surface area (Å²) in [5.74, 6) is 0. The van der Waals surface area contributed by atoms with Crippen LogP contribution < -0.4 is 10.6 Å². The number of rotatable bonds is 7. The molecule has 22 heavy (non-hydrogen) atoms. The number of hydrogen-bond acceptors (Lipinski definition) is 2. The predicted octanol–water partition coefficient (Wildman–Crippen LogP) is 3.89. The van der Waals surface area contributed by atoms with Crippen molar-refractivity contribution in [2.45, 2.75) is 20.0 Å². The number of benzene rings is 2. The van der Waals surface area contributed by atoms with E-state index in [2.05, 4.69) is 35.8 Å². The van der Waals surface area contributed by atoms with Crippen LogP contribution in [0.5, 0.6) is 0 Å². The van der Waals surface area contributed by atoms with Crippen molar-refractivity contribution in [3.05, 3.63) is 65.7 Å². The van der Waals surface area contributed by atoms with Crippen molar-refractivity contribution in [2.75, 3.05) is 18.5 Å². The van der Waals surface area contributed by atoms with Gasteiger partial charge in [-0.05, 0) is 42.8 Å². The van der Waals surface area contributed by atoms with Gasteiger partial charge in [0.25, 0.3) is 0 Å². The van der Waals surface area contributed by atoms with Gasteiger partial charge in [-0.25, -0.2) is 0 Å². The standard InChI is InChI=1S/C18H22N2OS/c1-15-8-5-6-11-17(15)20-18(22)19-12-7-13-21-14-16-9-3-2-4-10-16/h2-6,8-11H,7,12-14H2,1H3,(H2,19,20,22). The summed E-state index contributed by atoms with van der Waals surface area (Å²) in [4.78, 5) is 0. The first-order chi connectivity index (χ1) is 10.8. The molecule has 0 unspecified atom stereocenters. The van der Waals surface area contributed by atoms with Crippen LogP contribution in [0.1, 0.15) is 17.5 Å². The first-order valence-electron chi connectivity index (χ1n) is 7.48. The number of ether oxygens (including phenoxy) is 1. The second-order valence-electron chi connectivity index (χ2n) is 5.09. The summed E-state index contributed by atoms with van der Waals surface area (Å²) in [5, 5.41) is 7.05. The molecule has 0 aromatic heterocycles. The summed E-state index contributed by atoms with van der Waals surface area (Å²) in [6.07, 6.45) is 0.919. The second-order valence-corrected chi connectivity index (χ2v) is 5.50. The number of thiocarbonyl (C=S) groups is 1. The molecule has 0 aliphatic rings. The Hall–Kier alpha value is -1.91. The van der Waals surface area contributed by atoms with E-state index in [1.165, 1.54) is 11.1 Å². The van der Waals surface area contributed by atoms with Gasteiger partial charge < -0.3 is 15.4 Å². The minimum atomic E-state index is 0.650. The molecule has 4 heteroatoms. The lowest BCUT2D eigenvalue weighted by Gasteiger charge is -2.12. The van der Waals surface area contributed by atoms with E-state index >= 15 is 0 Å². The van der Waals surface area contributed by atoms with Gasteiger partial charge in [-0.1, -0.05) is 48.5 Å². The monoisotopic (exact) mass is 314 g/mol. The van der Waals surface area contributed by atoms with E-state index in [-0.39, 0.29) is 0 Å². The smallest absolute Gasteiger partial charge is 0.170 e. The predicted molar refractivity (Wildman–Crippen MR) is 96.1 cm³/mol. The van der Waals surface area contributed by atoms with Crippen LogP contribution in [0.15, 0.2) is 54.6 Å². The van der Waals surface area contributed by atoms with Crippen molar-refractivity contribution in [1.82, 2.24) is 5.32 Å². The fraction of sp³-hybridized carbons (Fsp3) is 0.278. The van der Waals surface area contributed by atoms with Crippen molar-refractivity contribution < 1.29 is 4.74 Å². The van der Waals surface area contributed by atoms with E-state index in [1.54, 1.807) is 0 Å². The molecular formula is C18H22N2OS. The van der Waals surface area contributed by atoms with Crippen molar-refractivity contribution in [3.8, 4) is 0 Å². The van der Waals surface area contributed by atoms with Gasteiger partial charge in [-0.2, -0.15) is 0 Å². The largest absolute Gasteiger partial charge is 0.377 e. The van der Waals surface area contributed by atoms with Crippen LogP contribution in [0.4, 0.5) is 5.69 Å². The van der Waals surface area contributed by atoms with E-state index in [0.29, 0.717) is 11.7 Å². The summed E-state index contributed by atoms with van der Waals surface area (Å²) in [7, 11) is 0. The molecule has 0 spiro atoms. The molecule has 2 N–H and O–H groups in total. The third-order valence-electron chi connectivity index (χ3n) is 3.26. The minimum Gasteiger partial charge on any atom is -0.377 e. The van der Waals surface area contributed by atoms with Gasteiger partial charge in [-0.3, -0.25) is 0 Å². The fourth-order valence-electron chi connectivity index (χ4n) is 2.02. The Morgan fingerprint density at radius 2 is 1.77 bits per heavy atom. The van der Waals surface area contributed by atoms with Crippen LogP contribution >= 0.6 is 12.2 Å². The molecule has 2 rings (SSSR count). The van der Waals surface area contributed by atoms with Crippen LogP contribution in [0.3, 0.4) is 0 Å². The summed E-state index contributed by atoms with van der Waals surface area (Å²) >= 11 is 5.29. The molecule has 0 saturated heterocycles. The maximum absolute atomic E-state index is 5.64. The van der Waals surface area contributed by atoms with Crippen molar-refractivity contribution in [3.63, 3.8) is 0 Å². The van der Waals surface area contributed by atoms with Gasteiger partial charge in [0.2, 0.25) is 0 Å². The summed E-state index contributed by atoms with van der Waals surface area (Å²) < 4.78 is 5.64. The molecule has 2 aromatic rings. The maximum Gasteiger partial charge on any atom is 0.170 e. The molecule has 3 nitrogen and oxygen atoms in total. The number of para-hydroxylation sites is 1. The highest BCUT2D eigenvalue weighted by molar-refractivity contribution is 7.80. The Kier molecular flexibility index (Phi) is 6.87. The lowest BCUT2D eigenvalue weighted by Crippen LogP contribution is -2.30. The zero-order chi connectivity index (χ0) is 15.6. The van der Waals surface area contributed by atoms with Gasteiger partial charge in [0.1, 0.15) is 0 Å². The van der Waals surface area contributed by atoms with Gasteiger partial charge in [0.05, 0.1) is 6.61 Å². The Balaban J connectivity index is 1.57. The fourth-order valence-corrected chi connectivity index (χ4v) is 2.23. The summed E-state index contributed by atoms with van der Waals surface area (Å²) in [5.41, 5.74) is 3.42. The number of nitrogens with one attached hydrogen (secondary N) is 2. The highest BCUT2D eigenvalue weighted by Crippen LogP contribution is 2.12. The molecule has 0 atom stereocenters. The average Bonchev–Trinajstić information content (AvgIpc) is 2.54. The van der Waals surface area contributed by atoms with Crippen molar-refractivity contribution in [1.29, 1.82) is 0 Å². The SMILES string of the molecule is Cc1ccccc1NC(=S)NCCCOCc1ccccc1. The lowest BCUT2D eigenvalue weighted by atomic mass is 10.2. The molecule has 0 amide bonds. The minimum absolute atomic E-state index is 0.650. The zero-order valence-electron chi connectivity index (χ0n) is 12.8. The summed E-state index contributed by atoms with van der Waals surface area (Å²) in [6.45, 7) is 4.23. The molecule has 0 radical (unpaired) electrons. The number of anilines is 1. The second kappa shape index (κ2) is 9.18. The number of aryl methyl sites for hydroxylation is 1. The van der Waals surface area contributed by atoms with Gasteiger partial charge in [0.15, 0.2) is 5.11 Å². The van der Waals surface area contributed by atoms with Gasteiger partial charge >= 0.3 is 0 Å². The first kappa shape index (κ1) is 16.5. The van der Waals surface area contributed by atoms with Crippen molar-refractivity contribution in [2.24, 2.45) is 0 Å². The third-order valence-corrected chi connectivity index (χ3v) is 3.50.